The molecule has 9 heteroatoms. The molecule has 0 spiro atoms. The van der Waals surface area contributed by atoms with Crippen LogP contribution in [0.3, 0.4) is 0 Å². The van der Waals surface area contributed by atoms with Gasteiger partial charge in [0.05, 0.1) is 25.2 Å². The number of carbonyl (C=O) groups is 1. The maximum absolute atomic E-state index is 12.2. The monoisotopic (exact) mass is 329 g/mol. The first-order valence-electron chi connectivity index (χ1n) is 6.18. The number of nitrogens with zero attached hydrogens (tertiary/aromatic N) is 2. The predicted molar refractivity (Wildman–Crippen MR) is 77.5 cm³/mol. The highest BCUT2D eigenvalue weighted by molar-refractivity contribution is 7.89. The summed E-state index contributed by atoms with van der Waals surface area (Å²) in [7, 11) is -3.68. The maximum atomic E-state index is 12.2. The molecule has 0 aromatic carbocycles. The van der Waals surface area contributed by atoms with Gasteiger partial charge in [-0.15, -0.1) is 11.3 Å². The third-order valence-electron chi connectivity index (χ3n) is 2.78. The Kier molecular flexibility index (Phi) is 4.76. The molecule has 2 heterocycles. The smallest absolute Gasteiger partial charge is 0.305 e. The molecular weight excluding hydrogens is 314 g/mol. The lowest BCUT2D eigenvalue weighted by Gasteiger charge is -2.11. The largest absolute Gasteiger partial charge is 0.481 e. The van der Waals surface area contributed by atoms with Crippen LogP contribution in [0.25, 0.3) is 0 Å². The molecule has 114 valence electrons. The fraction of sp³-hybridized carbons (Fsp3) is 0.333. The molecule has 2 aromatic rings. The van der Waals surface area contributed by atoms with Crippen LogP contribution in [0.5, 0.6) is 0 Å². The van der Waals surface area contributed by atoms with Gasteiger partial charge < -0.3 is 5.11 Å². The molecule has 7 nitrogen and oxygen atoms in total. The van der Waals surface area contributed by atoms with E-state index in [1.54, 1.807) is 6.92 Å². The normalized spacial score (nSPS) is 13.2. The highest BCUT2D eigenvalue weighted by Gasteiger charge is 2.20. The average molecular weight is 329 g/mol. The molecule has 0 amide bonds. The molecule has 0 saturated carbocycles. The quantitative estimate of drug-likeness (QED) is 0.801. The van der Waals surface area contributed by atoms with Gasteiger partial charge in [0.25, 0.3) is 0 Å². The molecule has 2 rings (SSSR count). The van der Waals surface area contributed by atoms with Gasteiger partial charge in [0.1, 0.15) is 4.90 Å². The van der Waals surface area contributed by atoms with Crippen molar-refractivity contribution in [3.05, 3.63) is 34.8 Å². The molecule has 0 radical (unpaired) electrons. The van der Waals surface area contributed by atoms with Crippen molar-refractivity contribution < 1.29 is 18.3 Å². The van der Waals surface area contributed by atoms with E-state index in [9.17, 15) is 13.2 Å². The Morgan fingerprint density at radius 2 is 2.33 bits per heavy atom. The molecule has 0 fully saturated rings. The summed E-state index contributed by atoms with van der Waals surface area (Å²) in [6, 6.07) is 3.38. The number of nitrogens with one attached hydrogen (secondary N) is 1. The summed E-state index contributed by atoms with van der Waals surface area (Å²) in [6.45, 7) is 1.89. The molecule has 21 heavy (non-hydrogen) atoms. The van der Waals surface area contributed by atoms with Gasteiger partial charge in [-0.2, -0.15) is 5.10 Å². The van der Waals surface area contributed by atoms with E-state index in [-0.39, 0.29) is 23.9 Å². The lowest BCUT2D eigenvalue weighted by atomic mass is 10.3. The number of hydrogen-bond acceptors (Lipinski definition) is 5. The van der Waals surface area contributed by atoms with E-state index >= 15 is 0 Å². The van der Waals surface area contributed by atoms with Gasteiger partial charge in [-0.3, -0.25) is 9.48 Å². The summed E-state index contributed by atoms with van der Waals surface area (Å²) in [5, 5.41) is 14.3. The number of carboxylic acid groups (broad SMARTS) is 1. The minimum atomic E-state index is -3.68. The first-order valence-corrected chi connectivity index (χ1v) is 8.55. The molecule has 2 aromatic heterocycles. The summed E-state index contributed by atoms with van der Waals surface area (Å²) >= 11 is 1.47. The summed E-state index contributed by atoms with van der Waals surface area (Å²) < 4.78 is 28.3. The summed E-state index contributed by atoms with van der Waals surface area (Å²) in [5.74, 6) is -0.959. The molecule has 2 N–H and O–H groups in total. The molecule has 0 aliphatic rings. The number of aromatic nitrogens is 2. The topological polar surface area (TPSA) is 101 Å². The van der Waals surface area contributed by atoms with E-state index in [0.29, 0.717) is 0 Å². The fourth-order valence-electron chi connectivity index (χ4n) is 1.71. The number of carboxylic acids is 1. The Hall–Kier alpha value is -1.71. The van der Waals surface area contributed by atoms with E-state index in [4.69, 9.17) is 5.11 Å². The van der Waals surface area contributed by atoms with Crippen molar-refractivity contribution in [1.29, 1.82) is 0 Å². The number of aryl methyl sites for hydroxylation is 1. The Bertz CT molecular complexity index is 707. The van der Waals surface area contributed by atoms with Crippen molar-refractivity contribution in [3.8, 4) is 0 Å². The van der Waals surface area contributed by atoms with E-state index in [1.165, 1.54) is 28.4 Å². The van der Waals surface area contributed by atoms with E-state index in [0.717, 1.165) is 4.88 Å². The van der Waals surface area contributed by atoms with E-state index in [1.807, 2.05) is 17.5 Å². The standard InChI is InChI=1S/C12H15N3O4S2/c1-9(11-3-2-6-20-11)14-21(18,19)10-7-13-15(8-10)5-4-12(16)17/h2-3,6-9,14H,4-5H2,1H3,(H,16,17)/t9-/m1/s1. The Labute approximate surface area is 126 Å². The first kappa shape index (κ1) is 15.7. The molecule has 0 unspecified atom stereocenters. The SMILES string of the molecule is C[C@@H](NS(=O)(=O)c1cnn(CCC(=O)O)c1)c1cccs1. The molecule has 1 atom stereocenters. The molecule has 0 saturated heterocycles. The van der Waals surface area contributed by atoms with Crippen LogP contribution in [0, 0.1) is 0 Å². The third-order valence-corrected chi connectivity index (χ3v) is 5.33. The number of aliphatic carboxylic acids is 1. The zero-order valence-electron chi connectivity index (χ0n) is 11.3. The molecular formula is C12H15N3O4S2. The van der Waals surface area contributed by atoms with Crippen LogP contribution < -0.4 is 4.72 Å². The van der Waals surface area contributed by atoms with Crippen LogP contribution in [0.1, 0.15) is 24.3 Å². The summed E-state index contributed by atoms with van der Waals surface area (Å²) in [6.07, 6.45) is 2.43. The highest BCUT2D eigenvalue weighted by Crippen LogP contribution is 2.20. The lowest BCUT2D eigenvalue weighted by molar-refractivity contribution is -0.137. The van der Waals surface area contributed by atoms with Crippen molar-refractivity contribution >= 4 is 27.3 Å². The number of thiophene rings is 1. The van der Waals surface area contributed by atoms with Gasteiger partial charge in [-0.25, -0.2) is 13.1 Å². The molecule has 0 aliphatic carbocycles. The molecule has 0 aliphatic heterocycles. The van der Waals surface area contributed by atoms with Crippen molar-refractivity contribution in [2.75, 3.05) is 0 Å². The highest BCUT2D eigenvalue weighted by atomic mass is 32.2. The second-order valence-electron chi connectivity index (χ2n) is 4.44. The number of rotatable bonds is 7. The average Bonchev–Trinajstić information content (AvgIpc) is 3.07. The van der Waals surface area contributed by atoms with Crippen LogP contribution >= 0.6 is 11.3 Å². The first-order chi connectivity index (χ1) is 9.88. The van der Waals surface area contributed by atoms with Crippen LogP contribution in [0.15, 0.2) is 34.8 Å². The zero-order chi connectivity index (χ0) is 15.5. The Morgan fingerprint density at radius 3 is 2.95 bits per heavy atom. The number of hydrogen-bond donors (Lipinski definition) is 2. The lowest BCUT2D eigenvalue weighted by Crippen LogP contribution is -2.26. The van der Waals surface area contributed by atoms with Crippen molar-refractivity contribution in [1.82, 2.24) is 14.5 Å². The van der Waals surface area contributed by atoms with E-state index in [2.05, 4.69) is 9.82 Å². The second-order valence-corrected chi connectivity index (χ2v) is 7.13. The van der Waals surface area contributed by atoms with Gasteiger partial charge >= 0.3 is 5.97 Å². The zero-order valence-corrected chi connectivity index (χ0v) is 12.9. The van der Waals surface area contributed by atoms with Crippen LogP contribution in [-0.2, 0) is 21.4 Å². The van der Waals surface area contributed by atoms with E-state index < -0.39 is 16.0 Å². The third kappa shape index (κ3) is 4.13. The predicted octanol–water partition coefficient (Wildman–Crippen LogP) is 1.46. The minimum Gasteiger partial charge on any atom is -0.481 e. The Morgan fingerprint density at radius 1 is 1.57 bits per heavy atom. The van der Waals surface area contributed by atoms with Crippen LogP contribution in [-0.4, -0.2) is 29.3 Å². The maximum Gasteiger partial charge on any atom is 0.305 e. The van der Waals surface area contributed by atoms with Gasteiger partial charge in [0.15, 0.2) is 0 Å². The van der Waals surface area contributed by atoms with Gasteiger partial charge in [-0.1, -0.05) is 6.07 Å². The van der Waals surface area contributed by atoms with Gasteiger partial charge in [0, 0.05) is 11.1 Å². The van der Waals surface area contributed by atoms with Crippen LogP contribution in [0.4, 0.5) is 0 Å². The van der Waals surface area contributed by atoms with Gasteiger partial charge in [0.2, 0.25) is 10.0 Å². The van der Waals surface area contributed by atoms with Crippen molar-refractivity contribution in [3.63, 3.8) is 0 Å². The van der Waals surface area contributed by atoms with Crippen LogP contribution in [0.2, 0.25) is 0 Å². The molecule has 0 bridgehead atoms. The minimum absolute atomic E-state index is 0.0243. The van der Waals surface area contributed by atoms with Crippen molar-refractivity contribution in [2.45, 2.75) is 30.8 Å². The Balaban J connectivity index is 2.07. The second kappa shape index (κ2) is 6.37. The summed E-state index contributed by atoms with van der Waals surface area (Å²) in [5.41, 5.74) is 0. The van der Waals surface area contributed by atoms with Crippen molar-refractivity contribution in [2.24, 2.45) is 0 Å². The fourth-order valence-corrected chi connectivity index (χ4v) is 3.70. The summed E-state index contributed by atoms with van der Waals surface area (Å²) in [4.78, 5) is 11.4. The van der Waals surface area contributed by atoms with Gasteiger partial charge in [-0.05, 0) is 18.4 Å². The number of sulfonamides is 1.